The minimum atomic E-state index is 0.228. The van der Waals surface area contributed by atoms with Gasteiger partial charge in [-0.15, -0.1) is 11.3 Å². The monoisotopic (exact) mass is 238 g/mol. The molecule has 1 aromatic rings. The first-order valence-electron chi connectivity index (χ1n) is 6.12. The van der Waals surface area contributed by atoms with Crippen molar-refractivity contribution in [3.05, 3.63) is 15.6 Å². The van der Waals surface area contributed by atoms with Gasteiger partial charge in [0.05, 0.1) is 28.8 Å². The zero-order valence-electron chi connectivity index (χ0n) is 9.82. The highest BCUT2D eigenvalue weighted by Gasteiger charge is 2.28. The molecule has 0 saturated carbocycles. The Labute approximate surface area is 100 Å². The van der Waals surface area contributed by atoms with E-state index in [1.54, 1.807) is 0 Å². The molecule has 3 rings (SSSR count). The Morgan fingerprint density at radius 2 is 2.31 bits per heavy atom. The van der Waals surface area contributed by atoms with Crippen LogP contribution in [0.4, 0.5) is 0 Å². The molecule has 0 aromatic carbocycles. The topological polar surface area (TPSA) is 34.2 Å². The predicted molar refractivity (Wildman–Crippen MR) is 64.8 cm³/mol. The molecule has 0 bridgehead atoms. The largest absolute Gasteiger partial charge is 0.370 e. The SMILES string of the molecule is CC1Cc2nc(C3CCCN3)sc2C(C)O1. The summed E-state index contributed by atoms with van der Waals surface area (Å²) in [6, 6.07) is 0.498. The van der Waals surface area contributed by atoms with E-state index in [0.29, 0.717) is 12.1 Å². The van der Waals surface area contributed by atoms with Crippen molar-refractivity contribution < 1.29 is 4.74 Å². The van der Waals surface area contributed by atoms with Gasteiger partial charge in [-0.3, -0.25) is 0 Å². The summed E-state index contributed by atoms with van der Waals surface area (Å²) in [5, 5.41) is 4.79. The Balaban J connectivity index is 1.90. The van der Waals surface area contributed by atoms with E-state index in [9.17, 15) is 0 Å². The van der Waals surface area contributed by atoms with E-state index >= 15 is 0 Å². The highest BCUT2D eigenvalue weighted by atomic mass is 32.1. The lowest BCUT2D eigenvalue weighted by atomic mass is 10.1. The van der Waals surface area contributed by atoms with Gasteiger partial charge in [-0.2, -0.15) is 0 Å². The third-order valence-corrected chi connectivity index (χ3v) is 4.76. The maximum Gasteiger partial charge on any atom is 0.110 e. The fourth-order valence-electron chi connectivity index (χ4n) is 2.62. The lowest BCUT2D eigenvalue weighted by Gasteiger charge is -2.23. The normalized spacial score (nSPS) is 34.0. The van der Waals surface area contributed by atoms with Gasteiger partial charge >= 0.3 is 0 Å². The smallest absolute Gasteiger partial charge is 0.110 e. The second-order valence-electron chi connectivity index (χ2n) is 4.81. The second kappa shape index (κ2) is 4.09. The molecule has 3 atom stereocenters. The summed E-state index contributed by atoms with van der Waals surface area (Å²) in [5.74, 6) is 0. The van der Waals surface area contributed by atoms with E-state index < -0.39 is 0 Å². The lowest BCUT2D eigenvalue weighted by Crippen LogP contribution is -2.21. The molecule has 2 aliphatic heterocycles. The van der Waals surface area contributed by atoms with E-state index in [2.05, 4.69) is 19.2 Å². The molecule has 1 N–H and O–H groups in total. The molecular formula is C12H18N2OS. The second-order valence-corrected chi connectivity index (χ2v) is 5.87. The van der Waals surface area contributed by atoms with Crippen LogP contribution in [0.3, 0.4) is 0 Å². The van der Waals surface area contributed by atoms with Crippen LogP contribution in [-0.2, 0) is 11.2 Å². The van der Waals surface area contributed by atoms with Crippen molar-refractivity contribution in [1.29, 1.82) is 0 Å². The summed E-state index contributed by atoms with van der Waals surface area (Å²) in [7, 11) is 0. The maximum atomic E-state index is 5.84. The molecule has 16 heavy (non-hydrogen) atoms. The Kier molecular flexibility index (Phi) is 2.73. The standard InChI is InChI=1S/C12H18N2OS/c1-7-6-10-11(8(2)15-7)16-12(14-10)9-4-3-5-13-9/h7-9,13H,3-6H2,1-2H3. The number of fused-ring (bicyclic) bond motifs is 1. The van der Waals surface area contributed by atoms with Crippen LogP contribution in [0.5, 0.6) is 0 Å². The van der Waals surface area contributed by atoms with Gasteiger partial charge in [0, 0.05) is 6.42 Å². The van der Waals surface area contributed by atoms with Crippen LogP contribution in [0.15, 0.2) is 0 Å². The number of nitrogens with zero attached hydrogens (tertiary/aromatic N) is 1. The van der Waals surface area contributed by atoms with Gasteiger partial charge in [-0.1, -0.05) is 0 Å². The minimum Gasteiger partial charge on any atom is -0.370 e. The van der Waals surface area contributed by atoms with Crippen molar-refractivity contribution in [2.45, 2.75) is 51.4 Å². The highest BCUT2D eigenvalue weighted by Crippen LogP contribution is 2.37. The van der Waals surface area contributed by atoms with Gasteiger partial charge in [0.1, 0.15) is 5.01 Å². The first-order valence-corrected chi connectivity index (χ1v) is 6.94. The van der Waals surface area contributed by atoms with Gasteiger partial charge in [0.25, 0.3) is 0 Å². The average Bonchev–Trinajstić information content (AvgIpc) is 2.82. The van der Waals surface area contributed by atoms with E-state index in [0.717, 1.165) is 13.0 Å². The van der Waals surface area contributed by atoms with Gasteiger partial charge < -0.3 is 10.1 Å². The molecule has 1 saturated heterocycles. The number of thiazole rings is 1. The summed E-state index contributed by atoms with van der Waals surface area (Å²) < 4.78 is 5.84. The van der Waals surface area contributed by atoms with E-state index in [1.807, 2.05) is 11.3 Å². The van der Waals surface area contributed by atoms with Crippen LogP contribution in [0, 0.1) is 0 Å². The number of ether oxygens (including phenoxy) is 1. The fourth-order valence-corrected chi connectivity index (χ4v) is 3.81. The van der Waals surface area contributed by atoms with Crippen LogP contribution >= 0.6 is 11.3 Å². The predicted octanol–water partition coefficient (Wildman–Crippen LogP) is 2.59. The lowest BCUT2D eigenvalue weighted by molar-refractivity contribution is -0.00319. The van der Waals surface area contributed by atoms with Gasteiger partial charge in [-0.05, 0) is 33.2 Å². The molecule has 0 aliphatic carbocycles. The van der Waals surface area contributed by atoms with E-state index in [4.69, 9.17) is 9.72 Å². The number of aromatic nitrogens is 1. The van der Waals surface area contributed by atoms with Crippen LogP contribution < -0.4 is 5.32 Å². The molecule has 2 aliphatic rings. The Morgan fingerprint density at radius 1 is 1.44 bits per heavy atom. The van der Waals surface area contributed by atoms with E-state index in [-0.39, 0.29) is 6.10 Å². The third-order valence-electron chi connectivity index (χ3n) is 3.39. The molecular weight excluding hydrogens is 220 g/mol. The van der Waals surface area contributed by atoms with E-state index in [1.165, 1.54) is 28.4 Å². The Bertz CT molecular complexity index is 384. The van der Waals surface area contributed by atoms with Crippen LogP contribution in [0.25, 0.3) is 0 Å². The molecule has 1 fully saturated rings. The fraction of sp³-hybridized carbons (Fsp3) is 0.750. The summed E-state index contributed by atoms with van der Waals surface area (Å²) in [6.07, 6.45) is 4.03. The summed E-state index contributed by atoms with van der Waals surface area (Å²) in [6.45, 7) is 5.40. The zero-order valence-corrected chi connectivity index (χ0v) is 10.6. The summed E-state index contributed by atoms with van der Waals surface area (Å²) in [4.78, 5) is 6.16. The maximum absolute atomic E-state index is 5.84. The van der Waals surface area contributed by atoms with Crippen molar-refractivity contribution in [2.75, 3.05) is 6.54 Å². The van der Waals surface area contributed by atoms with Crippen molar-refractivity contribution in [3.8, 4) is 0 Å². The molecule has 0 spiro atoms. The minimum absolute atomic E-state index is 0.228. The summed E-state index contributed by atoms with van der Waals surface area (Å²) >= 11 is 1.84. The van der Waals surface area contributed by atoms with Crippen molar-refractivity contribution >= 4 is 11.3 Å². The average molecular weight is 238 g/mol. The number of rotatable bonds is 1. The number of hydrogen-bond donors (Lipinski definition) is 1. The molecule has 4 heteroatoms. The third kappa shape index (κ3) is 1.79. The molecule has 88 valence electrons. The Hall–Kier alpha value is -0.450. The molecule has 3 heterocycles. The van der Waals surface area contributed by atoms with Gasteiger partial charge in [0.15, 0.2) is 0 Å². The first-order chi connectivity index (χ1) is 7.74. The van der Waals surface area contributed by atoms with Crippen LogP contribution in [0.1, 0.15) is 54.4 Å². The van der Waals surface area contributed by atoms with Crippen molar-refractivity contribution in [3.63, 3.8) is 0 Å². The van der Waals surface area contributed by atoms with Gasteiger partial charge in [0.2, 0.25) is 0 Å². The number of hydrogen-bond acceptors (Lipinski definition) is 4. The molecule has 3 unspecified atom stereocenters. The van der Waals surface area contributed by atoms with Crippen molar-refractivity contribution in [1.82, 2.24) is 10.3 Å². The molecule has 3 nitrogen and oxygen atoms in total. The van der Waals surface area contributed by atoms with Gasteiger partial charge in [-0.25, -0.2) is 4.98 Å². The molecule has 0 radical (unpaired) electrons. The quantitative estimate of drug-likeness (QED) is 0.816. The van der Waals surface area contributed by atoms with Crippen LogP contribution in [0.2, 0.25) is 0 Å². The number of nitrogens with one attached hydrogen (secondary N) is 1. The highest BCUT2D eigenvalue weighted by molar-refractivity contribution is 7.11. The van der Waals surface area contributed by atoms with Crippen LogP contribution in [-0.4, -0.2) is 17.6 Å². The Morgan fingerprint density at radius 3 is 3.06 bits per heavy atom. The van der Waals surface area contributed by atoms with Crippen molar-refractivity contribution in [2.24, 2.45) is 0 Å². The summed E-state index contributed by atoms with van der Waals surface area (Å²) in [5.41, 5.74) is 1.28. The molecule has 0 amide bonds. The first kappa shape index (κ1) is 10.7. The zero-order chi connectivity index (χ0) is 11.1. The molecule has 1 aromatic heterocycles.